The molecule has 90 valence electrons. The van der Waals surface area contributed by atoms with Crippen LogP contribution < -0.4 is 0 Å². The summed E-state index contributed by atoms with van der Waals surface area (Å²) in [7, 11) is 0. The van der Waals surface area contributed by atoms with Crippen molar-refractivity contribution < 1.29 is 9.59 Å². The Morgan fingerprint density at radius 3 is 2.44 bits per heavy atom. The minimum Gasteiger partial charge on any atom is -0.364 e. The van der Waals surface area contributed by atoms with Crippen molar-refractivity contribution >= 4 is 11.6 Å². The minimum atomic E-state index is -0.769. The lowest BCUT2D eigenvalue weighted by atomic mass is 9.69. The van der Waals surface area contributed by atoms with Crippen LogP contribution in [0.25, 0.3) is 0 Å². The maximum Gasteiger partial charge on any atom is 0.175 e. The molecule has 1 aliphatic carbocycles. The molecule has 0 saturated carbocycles. The van der Waals surface area contributed by atoms with Crippen molar-refractivity contribution in [1.82, 2.24) is 4.98 Å². The van der Waals surface area contributed by atoms with Crippen LogP contribution in [0.1, 0.15) is 39.8 Å². The molecule has 1 heterocycles. The van der Waals surface area contributed by atoms with E-state index in [1.165, 1.54) is 0 Å². The number of aromatic nitrogens is 1. The first-order valence-corrected chi connectivity index (χ1v) is 5.94. The Labute approximate surface area is 105 Å². The van der Waals surface area contributed by atoms with Gasteiger partial charge in [0.15, 0.2) is 11.6 Å². The number of nitrogens with one attached hydrogen (secondary N) is 1. The van der Waals surface area contributed by atoms with E-state index in [0.717, 1.165) is 5.69 Å². The summed E-state index contributed by atoms with van der Waals surface area (Å²) in [6.45, 7) is 1.83. The van der Waals surface area contributed by atoms with Gasteiger partial charge >= 0.3 is 0 Å². The molecule has 1 unspecified atom stereocenters. The summed E-state index contributed by atoms with van der Waals surface area (Å²) in [6.07, 6.45) is 2.00. The Morgan fingerprint density at radius 1 is 1.06 bits per heavy atom. The van der Waals surface area contributed by atoms with Crippen LogP contribution in [0.15, 0.2) is 42.6 Å². The SMILES string of the molecule is CC1(c2ccc[nH]2)CC(=O)c2ccccc2C1=O. The molecule has 1 aliphatic rings. The molecule has 3 nitrogen and oxygen atoms in total. The molecule has 0 bridgehead atoms. The molecule has 0 aliphatic heterocycles. The van der Waals surface area contributed by atoms with Crippen LogP contribution in [0.5, 0.6) is 0 Å². The fraction of sp³-hybridized carbons (Fsp3) is 0.200. The highest BCUT2D eigenvalue weighted by Crippen LogP contribution is 2.37. The molecule has 0 radical (unpaired) electrons. The van der Waals surface area contributed by atoms with E-state index in [4.69, 9.17) is 0 Å². The van der Waals surface area contributed by atoms with E-state index >= 15 is 0 Å². The third-order valence-electron chi connectivity index (χ3n) is 3.68. The molecule has 0 fully saturated rings. The van der Waals surface area contributed by atoms with Crippen LogP contribution in [0.2, 0.25) is 0 Å². The van der Waals surface area contributed by atoms with Gasteiger partial charge in [0, 0.05) is 29.4 Å². The average Bonchev–Trinajstić information content (AvgIpc) is 2.91. The molecular formula is C15H13NO2. The second-order valence-electron chi connectivity index (χ2n) is 4.89. The lowest BCUT2D eigenvalue weighted by Crippen LogP contribution is -2.40. The summed E-state index contributed by atoms with van der Waals surface area (Å²) in [5.41, 5.74) is 1.11. The molecule has 2 aromatic rings. The Balaban J connectivity index is 2.19. The van der Waals surface area contributed by atoms with Crippen molar-refractivity contribution in [3.8, 4) is 0 Å². The first-order valence-electron chi connectivity index (χ1n) is 5.94. The number of hydrogen-bond acceptors (Lipinski definition) is 2. The van der Waals surface area contributed by atoms with Crippen LogP contribution in [0, 0.1) is 0 Å². The van der Waals surface area contributed by atoms with Gasteiger partial charge in [-0.1, -0.05) is 24.3 Å². The molecule has 1 aromatic heterocycles. The smallest absolute Gasteiger partial charge is 0.175 e. The number of fused-ring (bicyclic) bond motifs is 1. The molecule has 1 aromatic carbocycles. The van der Waals surface area contributed by atoms with Gasteiger partial charge in [-0.3, -0.25) is 9.59 Å². The molecular weight excluding hydrogens is 226 g/mol. The maximum absolute atomic E-state index is 12.6. The fourth-order valence-corrected chi connectivity index (χ4v) is 2.61. The quantitative estimate of drug-likeness (QED) is 0.831. The van der Waals surface area contributed by atoms with E-state index < -0.39 is 5.41 Å². The predicted octanol–water partition coefficient (Wildman–Crippen LogP) is 2.74. The van der Waals surface area contributed by atoms with E-state index in [2.05, 4.69) is 4.98 Å². The molecule has 1 N–H and O–H groups in total. The van der Waals surface area contributed by atoms with Crippen molar-refractivity contribution in [3.63, 3.8) is 0 Å². The number of hydrogen-bond donors (Lipinski definition) is 1. The topological polar surface area (TPSA) is 49.9 Å². The van der Waals surface area contributed by atoms with Crippen LogP contribution in [0.3, 0.4) is 0 Å². The van der Waals surface area contributed by atoms with Gasteiger partial charge < -0.3 is 4.98 Å². The van der Waals surface area contributed by atoms with Crippen molar-refractivity contribution in [2.45, 2.75) is 18.8 Å². The second kappa shape index (κ2) is 3.67. The fourth-order valence-electron chi connectivity index (χ4n) is 2.61. The number of H-pyrrole nitrogens is 1. The van der Waals surface area contributed by atoms with Gasteiger partial charge in [-0.2, -0.15) is 0 Å². The number of benzene rings is 1. The molecule has 0 spiro atoms. The Hall–Kier alpha value is -2.16. The van der Waals surface area contributed by atoms with E-state index in [1.54, 1.807) is 30.5 Å². The third-order valence-corrected chi connectivity index (χ3v) is 3.68. The Morgan fingerprint density at radius 2 is 1.78 bits per heavy atom. The van der Waals surface area contributed by atoms with E-state index in [0.29, 0.717) is 11.1 Å². The standard InChI is InChI=1S/C15H13NO2/c1-15(13-7-4-8-16-13)9-12(17)10-5-2-3-6-11(10)14(15)18/h2-8,16H,9H2,1H3. The largest absolute Gasteiger partial charge is 0.364 e. The summed E-state index contributed by atoms with van der Waals surface area (Å²) in [5, 5.41) is 0. The highest BCUT2D eigenvalue weighted by atomic mass is 16.1. The first kappa shape index (κ1) is 11.0. The number of aromatic amines is 1. The van der Waals surface area contributed by atoms with E-state index in [9.17, 15) is 9.59 Å². The average molecular weight is 239 g/mol. The van der Waals surface area contributed by atoms with Crippen molar-refractivity contribution in [2.75, 3.05) is 0 Å². The van der Waals surface area contributed by atoms with E-state index in [1.807, 2.05) is 19.1 Å². The number of Topliss-reactive ketones (excluding diaryl/α,β-unsaturated/α-hetero) is 2. The van der Waals surface area contributed by atoms with Crippen LogP contribution in [-0.4, -0.2) is 16.6 Å². The normalized spacial score (nSPS) is 22.9. The minimum absolute atomic E-state index is 0.0140. The first-order chi connectivity index (χ1) is 8.63. The zero-order valence-corrected chi connectivity index (χ0v) is 10.1. The van der Waals surface area contributed by atoms with Gasteiger partial charge in [0.05, 0.1) is 5.41 Å². The monoisotopic (exact) mass is 239 g/mol. The van der Waals surface area contributed by atoms with Gasteiger partial charge in [0.1, 0.15) is 0 Å². The van der Waals surface area contributed by atoms with Gasteiger partial charge in [0.2, 0.25) is 0 Å². The zero-order valence-electron chi connectivity index (χ0n) is 10.1. The number of rotatable bonds is 1. The summed E-state index contributed by atoms with van der Waals surface area (Å²) in [6, 6.07) is 10.8. The summed E-state index contributed by atoms with van der Waals surface area (Å²) >= 11 is 0. The van der Waals surface area contributed by atoms with Crippen molar-refractivity contribution in [3.05, 3.63) is 59.4 Å². The highest BCUT2D eigenvalue weighted by molar-refractivity contribution is 6.18. The Bertz CT molecular complexity index is 628. The van der Waals surface area contributed by atoms with Crippen LogP contribution in [-0.2, 0) is 5.41 Å². The van der Waals surface area contributed by atoms with Gasteiger partial charge in [-0.05, 0) is 19.1 Å². The highest BCUT2D eigenvalue weighted by Gasteiger charge is 2.44. The summed E-state index contributed by atoms with van der Waals surface area (Å²) in [5.74, 6) is 0.0439. The second-order valence-corrected chi connectivity index (χ2v) is 4.89. The van der Waals surface area contributed by atoms with Crippen LogP contribution in [0.4, 0.5) is 0 Å². The summed E-state index contributed by atoms with van der Waals surface area (Å²) in [4.78, 5) is 27.8. The Kier molecular flexibility index (Phi) is 2.23. The number of carbonyl (C=O) groups excluding carboxylic acids is 2. The molecule has 0 saturated heterocycles. The third kappa shape index (κ3) is 1.37. The van der Waals surface area contributed by atoms with Gasteiger partial charge in [-0.25, -0.2) is 0 Å². The molecule has 18 heavy (non-hydrogen) atoms. The lowest BCUT2D eigenvalue weighted by Gasteiger charge is -2.31. The molecule has 3 rings (SSSR count). The summed E-state index contributed by atoms with van der Waals surface area (Å²) < 4.78 is 0. The maximum atomic E-state index is 12.6. The molecule has 1 atom stereocenters. The van der Waals surface area contributed by atoms with Crippen molar-refractivity contribution in [1.29, 1.82) is 0 Å². The molecule has 3 heteroatoms. The lowest BCUT2D eigenvalue weighted by molar-refractivity contribution is 0.0796. The molecule has 0 amide bonds. The van der Waals surface area contributed by atoms with Gasteiger partial charge in [0.25, 0.3) is 0 Å². The van der Waals surface area contributed by atoms with Crippen molar-refractivity contribution in [2.24, 2.45) is 0 Å². The van der Waals surface area contributed by atoms with E-state index in [-0.39, 0.29) is 18.0 Å². The van der Waals surface area contributed by atoms with Crippen LogP contribution >= 0.6 is 0 Å². The van der Waals surface area contributed by atoms with Gasteiger partial charge in [-0.15, -0.1) is 0 Å². The predicted molar refractivity (Wildman–Crippen MR) is 67.9 cm³/mol. The number of carbonyl (C=O) groups is 2. The zero-order chi connectivity index (χ0) is 12.8. The number of ketones is 2.